The van der Waals surface area contributed by atoms with Gasteiger partial charge in [0.15, 0.2) is 6.29 Å². The standard InChI is InChI=1S/C20H19N5O8S/c1-30-13-5-2-11(3-6-13)9-31-18-15-10-32-20(33-15)17(22-23-21)19(18)34-16-7-4-12(24(26)27)8-14(16)25(28)29/h2-8,15,17-20H,9-10H2,1H3/t15-,17-,18+,19-,20+/m1/s1. The topological polar surface area (TPSA) is 172 Å². The summed E-state index contributed by atoms with van der Waals surface area (Å²) in [6.07, 6.45) is -1.95. The van der Waals surface area contributed by atoms with Crippen LogP contribution in [-0.2, 0) is 20.8 Å². The molecule has 2 heterocycles. The minimum absolute atomic E-state index is 0.179. The molecule has 0 saturated carbocycles. The Morgan fingerprint density at radius 2 is 1.97 bits per heavy atom. The van der Waals surface area contributed by atoms with Gasteiger partial charge in [-0.25, -0.2) is 0 Å². The third kappa shape index (κ3) is 4.90. The van der Waals surface area contributed by atoms with Gasteiger partial charge in [0.05, 0.1) is 52.5 Å². The molecule has 0 N–H and O–H groups in total. The second-order valence-corrected chi connectivity index (χ2v) is 8.66. The lowest BCUT2D eigenvalue weighted by molar-refractivity contribution is -0.396. The number of hydrogen-bond donors (Lipinski definition) is 0. The molecule has 0 amide bonds. The molecule has 2 saturated heterocycles. The van der Waals surface area contributed by atoms with Crippen molar-refractivity contribution in [2.75, 3.05) is 13.7 Å². The van der Waals surface area contributed by atoms with E-state index in [0.29, 0.717) is 5.75 Å². The lowest BCUT2D eigenvalue weighted by Crippen LogP contribution is -2.52. The maximum atomic E-state index is 11.6. The Labute approximate surface area is 196 Å². The van der Waals surface area contributed by atoms with Gasteiger partial charge >= 0.3 is 0 Å². The van der Waals surface area contributed by atoms with Crippen molar-refractivity contribution in [2.24, 2.45) is 5.11 Å². The van der Waals surface area contributed by atoms with E-state index in [2.05, 4.69) is 10.0 Å². The lowest BCUT2D eigenvalue weighted by Gasteiger charge is -2.38. The molecule has 0 unspecified atom stereocenters. The maximum Gasteiger partial charge on any atom is 0.289 e. The van der Waals surface area contributed by atoms with Crippen molar-refractivity contribution >= 4 is 23.1 Å². The van der Waals surface area contributed by atoms with Crippen LogP contribution in [0.2, 0.25) is 0 Å². The molecule has 2 aliphatic heterocycles. The van der Waals surface area contributed by atoms with E-state index in [1.165, 1.54) is 12.1 Å². The highest BCUT2D eigenvalue weighted by atomic mass is 32.2. The van der Waals surface area contributed by atoms with Gasteiger partial charge in [0, 0.05) is 11.0 Å². The van der Waals surface area contributed by atoms with E-state index >= 15 is 0 Å². The van der Waals surface area contributed by atoms with Crippen LogP contribution >= 0.6 is 11.8 Å². The molecule has 0 radical (unpaired) electrons. The van der Waals surface area contributed by atoms with Crippen LogP contribution in [0.5, 0.6) is 5.75 Å². The highest BCUT2D eigenvalue weighted by Crippen LogP contribution is 2.44. The molecule has 2 aliphatic rings. The first-order valence-corrected chi connectivity index (χ1v) is 10.9. The number of azide groups is 1. The van der Waals surface area contributed by atoms with Crippen LogP contribution in [0.25, 0.3) is 10.4 Å². The summed E-state index contributed by atoms with van der Waals surface area (Å²) in [5, 5.41) is 25.9. The fourth-order valence-electron chi connectivity index (χ4n) is 3.79. The molecular weight excluding hydrogens is 470 g/mol. The molecule has 0 aliphatic carbocycles. The zero-order chi connectivity index (χ0) is 24.2. The zero-order valence-corrected chi connectivity index (χ0v) is 18.6. The third-order valence-corrected chi connectivity index (χ3v) is 6.86. The summed E-state index contributed by atoms with van der Waals surface area (Å²) in [4.78, 5) is 24.4. The molecule has 2 bridgehead atoms. The number of thioether (sulfide) groups is 1. The molecule has 0 spiro atoms. The molecule has 2 aromatic rings. The quantitative estimate of drug-likeness (QED) is 0.166. The van der Waals surface area contributed by atoms with Crippen molar-refractivity contribution in [3.05, 3.63) is 78.7 Å². The van der Waals surface area contributed by atoms with Crippen LogP contribution in [0.1, 0.15) is 5.56 Å². The summed E-state index contributed by atoms with van der Waals surface area (Å²) in [7, 11) is 1.57. The number of nitrogens with zero attached hydrogens (tertiary/aromatic N) is 5. The SMILES string of the molecule is COc1ccc(CO[C@@H]2[C@H](Sc3ccc([N+](=O)[O-])cc3[N+](=O)[O-])[C@@H](N=[N+]=[N-])[C@H]3OC[C@H]2O3)cc1. The number of nitro groups is 2. The van der Waals surface area contributed by atoms with Gasteiger partial charge in [0.2, 0.25) is 0 Å². The summed E-state index contributed by atoms with van der Waals surface area (Å²) in [5.41, 5.74) is 9.15. The molecule has 2 fully saturated rings. The van der Waals surface area contributed by atoms with Gasteiger partial charge in [0.25, 0.3) is 11.4 Å². The monoisotopic (exact) mass is 489 g/mol. The van der Waals surface area contributed by atoms with E-state index in [1.54, 1.807) is 19.2 Å². The third-order valence-electron chi connectivity index (χ3n) is 5.44. The number of fused-ring (bicyclic) bond motifs is 2. The predicted molar refractivity (Wildman–Crippen MR) is 119 cm³/mol. The number of methoxy groups -OCH3 is 1. The average molecular weight is 489 g/mol. The first-order chi connectivity index (χ1) is 16.4. The number of hydrogen-bond acceptors (Lipinski definition) is 10. The number of rotatable bonds is 9. The number of nitro benzene ring substituents is 2. The van der Waals surface area contributed by atoms with E-state index in [1.807, 2.05) is 12.1 Å². The van der Waals surface area contributed by atoms with Crippen LogP contribution in [-0.4, -0.2) is 53.4 Å². The summed E-state index contributed by atoms with van der Waals surface area (Å²) < 4.78 is 22.8. The van der Waals surface area contributed by atoms with Crippen molar-refractivity contribution in [3.8, 4) is 5.75 Å². The van der Waals surface area contributed by atoms with Crippen molar-refractivity contribution in [3.63, 3.8) is 0 Å². The fraction of sp³-hybridized carbons (Fsp3) is 0.400. The first kappa shape index (κ1) is 23.7. The summed E-state index contributed by atoms with van der Waals surface area (Å²) in [6, 6.07) is 9.82. The fourth-order valence-corrected chi connectivity index (χ4v) is 5.20. The Hall–Kier alpha value is -3.42. The van der Waals surface area contributed by atoms with Gasteiger partial charge in [0.1, 0.15) is 17.9 Å². The average Bonchev–Trinajstić information content (AvgIpc) is 3.27. The van der Waals surface area contributed by atoms with Crippen molar-refractivity contribution in [1.82, 2.24) is 0 Å². The Balaban J connectivity index is 1.63. The van der Waals surface area contributed by atoms with Crippen LogP contribution in [0, 0.1) is 20.2 Å². The van der Waals surface area contributed by atoms with Crippen LogP contribution in [0.3, 0.4) is 0 Å². The van der Waals surface area contributed by atoms with Gasteiger partial charge in [-0.05, 0) is 29.3 Å². The summed E-state index contributed by atoms with van der Waals surface area (Å²) in [5.74, 6) is 0.694. The Bertz CT molecular complexity index is 1130. The van der Waals surface area contributed by atoms with Crippen LogP contribution in [0.15, 0.2) is 52.5 Å². The molecule has 178 valence electrons. The summed E-state index contributed by atoms with van der Waals surface area (Å²) >= 11 is 1.05. The molecule has 5 atom stereocenters. The lowest BCUT2D eigenvalue weighted by atomic mass is 10.0. The van der Waals surface area contributed by atoms with Crippen molar-refractivity contribution < 1.29 is 28.8 Å². The molecule has 0 aromatic heterocycles. The number of benzene rings is 2. The molecule has 4 rings (SSSR count). The van der Waals surface area contributed by atoms with Crippen LogP contribution < -0.4 is 4.74 Å². The summed E-state index contributed by atoms with van der Waals surface area (Å²) in [6.45, 7) is 0.399. The van der Waals surface area contributed by atoms with Gasteiger partial charge in [-0.2, -0.15) is 0 Å². The number of non-ortho nitro benzene ring substituents is 1. The molecule has 34 heavy (non-hydrogen) atoms. The Morgan fingerprint density at radius 3 is 2.62 bits per heavy atom. The smallest absolute Gasteiger partial charge is 0.289 e. The molecule has 2 aromatic carbocycles. The normalized spacial score (nSPS) is 25.4. The predicted octanol–water partition coefficient (Wildman–Crippen LogP) is 3.99. The Kier molecular flexibility index (Phi) is 7.14. The van der Waals surface area contributed by atoms with E-state index in [9.17, 15) is 20.2 Å². The van der Waals surface area contributed by atoms with Gasteiger partial charge < -0.3 is 18.9 Å². The first-order valence-electron chi connectivity index (χ1n) is 10.1. The number of ether oxygens (including phenoxy) is 4. The van der Waals surface area contributed by atoms with Gasteiger partial charge in [-0.15, -0.1) is 11.8 Å². The van der Waals surface area contributed by atoms with Crippen molar-refractivity contribution in [1.29, 1.82) is 0 Å². The van der Waals surface area contributed by atoms with E-state index in [-0.39, 0.29) is 18.1 Å². The van der Waals surface area contributed by atoms with Gasteiger partial charge in [-0.1, -0.05) is 17.2 Å². The van der Waals surface area contributed by atoms with Gasteiger partial charge in [-0.3, -0.25) is 20.2 Å². The van der Waals surface area contributed by atoms with Crippen molar-refractivity contribution in [2.45, 2.75) is 41.3 Å². The highest BCUT2D eigenvalue weighted by molar-refractivity contribution is 8.00. The molecule has 13 nitrogen and oxygen atoms in total. The van der Waals surface area contributed by atoms with E-state index < -0.39 is 51.0 Å². The second kappa shape index (κ2) is 10.2. The largest absolute Gasteiger partial charge is 0.497 e. The minimum Gasteiger partial charge on any atom is -0.497 e. The molecular formula is C20H19N5O8S. The second-order valence-electron chi connectivity index (χ2n) is 7.44. The van der Waals surface area contributed by atoms with Crippen LogP contribution in [0.4, 0.5) is 11.4 Å². The zero-order valence-electron chi connectivity index (χ0n) is 17.8. The maximum absolute atomic E-state index is 11.6. The highest BCUT2D eigenvalue weighted by Gasteiger charge is 2.52. The van der Waals surface area contributed by atoms with E-state index in [4.69, 9.17) is 24.5 Å². The van der Waals surface area contributed by atoms with E-state index in [0.717, 1.165) is 23.4 Å². The molecule has 14 heteroatoms. The minimum atomic E-state index is -0.843. The Morgan fingerprint density at radius 1 is 1.21 bits per heavy atom.